The van der Waals surface area contributed by atoms with E-state index in [2.05, 4.69) is 12.2 Å². The van der Waals surface area contributed by atoms with E-state index in [9.17, 15) is 15.3 Å². The molecule has 0 saturated carbocycles. The van der Waals surface area contributed by atoms with Crippen molar-refractivity contribution in [2.45, 2.75) is 69.8 Å². The third-order valence-corrected chi connectivity index (χ3v) is 3.91. The zero-order valence-electron chi connectivity index (χ0n) is 13.3. The molecule has 0 saturated heterocycles. The molecule has 4 atom stereocenters. The number of aliphatic hydroxyl groups excluding tert-OH is 4. The van der Waals surface area contributed by atoms with E-state index in [1.165, 1.54) is 25.7 Å². The van der Waals surface area contributed by atoms with Gasteiger partial charge in [-0.05, 0) is 18.5 Å². The second-order valence-corrected chi connectivity index (χ2v) is 5.57. The van der Waals surface area contributed by atoms with Gasteiger partial charge < -0.3 is 25.7 Å². The van der Waals surface area contributed by atoms with Crippen LogP contribution in [0.4, 0.5) is 0 Å². The van der Waals surface area contributed by atoms with Gasteiger partial charge in [0.2, 0.25) is 0 Å². The average Bonchev–Trinajstić information content (AvgIpc) is 2.46. The fourth-order valence-electron chi connectivity index (χ4n) is 2.55. The molecule has 22 heavy (non-hydrogen) atoms. The number of nitrogens with one attached hydrogen (secondary N) is 1. The van der Waals surface area contributed by atoms with Gasteiger partial charge in [-0.3, -0.25) is 0 Å². The summed E-state index contributed by atoms with van der Waals surface area (Å²) in [6, 6.07) is -0.411. The van der Waals surface area contributed by atoms with Crippen molar-refractivity contribution in [3.8, 4) is 0 Å². The lowest BCUT2D eigenvalue weighted by molar-refractivity contribution is -0.0641. The van der Waals surface area contributed by atoms with Crippen LogP contribution in [-0.2, 0) is 0 Å². The highest BCUT2D eigenvalue weighted by atomic mass is 32.1. The first kappa shape index (κ1) is 24.5. The van der Waals surface area contributed by atoms with Gasteiger partial charge in [-0.25, -0.2) is 0 Å². The summed E-state index contributed by atoms with van der Waals surface area (Å²) in [7, 11) is 0. The van der Waals surface area contributed by atoms with Crippen LogP contribution in [-0.4, -0.2) is 57.9 Å². The smallest absolute Gasteiger partial charge is 0.111 e. The Morgan fingerprint density at radius 3 is 2.14 bits per heavy atom. The Hall–Kier alpha value is 0.240. The van der Waals surface area contributed by atoms with Crippen LogP contribution in [0.15, 0.2) is 11.6 Å². The van der Waals surface area contributed by atoms with E-state index in [1.807, 2.05) is 0 Å². The maximum Gasteiger partial charge on any atom is 0.111 e. The Kier molecular flexibility index (Phi) is 15.2. The van der Waals surface area contributed by atoms with E-state index in [-0.39, 0.29) is 33.6 Å². The van der Waals surface area contributed by atoms with Gasteiger partial charge in [-0.1, -0.05) is 45.1 Å². The molecule has 0 heterocycles. The third-order valence-electron chi connectivity index (χ3n) is 3.91. The van der Waals surface area contributed by atoms with Crippen LogP contribution in [0, 0.1) is 0 Å². The number of rotatable bonds is 9. The third kappa shape index (κ3) is 7.68. The minimum absolute atomic E-state index is 0. The second kappa shape index (κ2) is 13.7. The number of unbranched alkanes of at least 4 members (excludes halogenated alkanes) is 5. The van der Waals surface area contributed by atoms with Crippen LogP contribution in [0.2, 0.25) is 0 Å². The van der Waals surface area contributed by atoms with Crippen molar-refractivity contribution in [3.63, 3.8) is 0 Å². The van der Waals surface area contributed by atoms with Gasteiger partial charge in [0.15, 0.2) is 0 Å². The molecular formula is C15H33NO4S2. The Morgan fingerprint density at radius 2 is 1.55 bits per heavy atom. The molecular weight excluding hydrogens is 322 g/mol. The Morgan fingerprint density at radius 1 is 0.955 bits per heavy atom. The van der Waals surface area contributed by atoms with Gasteiger partial charge in [0.05, 0.1) is 12.6 Å². The molecule has 134 valence electrons. The molecule has 1 unspecified atom stereocenters. The summed E-state index contributed by atoms with van der Waals surface area (Å²) in [5, 5.41) is 41.6. The molecule has 0 spiro atoms. The van der Waals surface area contributed by atoms with Crippen LogP contribution in [0.25, 0.3) is 0 Å². The van der Waals surface area contributed by atoms with Crippen LogP contribution < -0.4 is 5.32 Å². The van der Waals surface area contributed by atoms with Gasteiger partial charge in [0.1, 0.15) is 18.3 Å². The van der Waals surface area contributed by atoms with Gasteiger partial charge in [-0.15, -0.1) is 0 Å². The minimum Gasteiger partial charge on any atom is -0.392 e. The highest BCUT2D eigenvalue weighted by molar-refractivity contribution is 7.59. The predicted molar refractivity (Wildman–Crippen MR) is 99.1 cm³/mol. The molecule has 0 aromatic heterocycles. The van der Waals surface area contributed by atoms with E-state index in [1.54, 1.807) is 6.08 Å². The van der Waals surface area contributed by atoms with Crippen molar-refractivity contribution in [1.82, 2.24) is 5.32 Å². The first-order chi connectivity index (χ1) is 9.61. The zero-order valence-corrected chi connectivity index (χ0v) is 15.3. The van der Waals surface area contributed by atoms with Crippen molar-refractivity contribution >= 4 is 27.0 Å². The zero-order chi connectivity index (χ0) is 15.0. The van der Waals surface area contributed by atoms with Gasteiger partial charge in [0.25, 0.3) is 0 Å². The first-order valence-electron chi connectivity index (χ1n) is 7.70. The summed E-state index contributed by atoms with van der Waals surface area (Å²) in [6.45, 7) is 2.64. The van der Waals surface area contributed by atoms with Crippen molar-refractivity contribution in [2.75, 3.05) is 13.2 Å². The van der Waals surface area contributed by atoms with Crippen LogP contribution in [0.5, 0.6) is 0 Å². The largest absolute Gasteiger partial charge is 0.392 e. The SMILES string of the molecule is CCCCCCCCN[C@@H]1C=C(CO)[C@@H](O)[C@H](O)C1O.S.S. The standard InChI is InChI=1S/C15H29NO4.2H2S/c1-2-3-4-5-6-7-8-16-12-9-11(10-17)13(18)15(20)14(12)19;;/h9,12-20H,2-8,10H2,1H3;2*1H2/t12-,13-,14?,15+;;/m1../s1. The summed E-state index contributed by atoms with van der Waals surface area (Å²) in [5.41, 5.74) is 0.364. The van der Waals surface area contributed by atoms with Crippen LogP contribution in [0.1, 0.15) is 45.4 Å². The van der Waals surface area contributed by atoms with Crippen molar-refractivity contribution in [2.24, 2.45) is 0 Å². The molecule has 0 aliphatic heterocycles. The van der Waals surface area contributed by atoms with Crippen LogP contribution in [0.3, 0.4) is 0 Å². The van der Waals surface area contributed by atoms with Gasteiger partial charge in [-0.2, -0.15) is 27.0 Å². The first-order valence-corrected chi connectivity index (χ1v) is 7.70. The monoisotopic (exact) mass is 355 g/mol. The van der Waals surface area contributed by atoms with Crippen LogP contribution >= 0.6 is 27.0 Å². The van der Waals surface area contributed by atoms with E-state index < -0.39 is 24.4 Å². The molecule has 0 aromatic carbocycles. The Labute approximate surface area is 147 Å². The molecule has 5 nitrogen and oxygen atoms in total. The van der Waals surface area contributed by atoms with E-state index in [0.29, 0.717) is 5.57 Å². The summed E-state index contributed by atoms with van der Waals surface area (Å²) in [5.74, 6) is 0. The lowest BCUT2D eigenvalue weighted by atomic mass is 9.88. The van der Waals surface area contributed by atoms with Gasteiger partial charge >= 0.3 is 0 Å². The Balaban J connectivity index is 0. The normalized spacial score (nSPS) is 27.6. The summed E-state index contributed by atoms with van der Waals surface area (Å²) < 4.78 is 0. The Bertz CT molecular complexity index is 305. The fraction of sp³-hybridized carbons (Fsp3) is 0.867. The highest BCUT2D eigenvalue weighted by Gasteiger charge is 2.36. The fourth-order valence-corrected chi connectivity index (χ4v) is 2.55. The maximum absolute atomic E-state index is 9.90. The number of aliphatic hydroxyl groups is 4. The molecule has 7 heteroatoms. The molecule has 0 fully saturated rings. The molecule has 1 aliphatic rings. The highest BCUT2D eigenvalue weighted by Crippen LogP contribution is 2.20. The minimum atomic E-state index is -1.25. The lowest BCUT2D eigenvalue weighted by Crippen LogP contribution is -2.54. The summed E-state index contributed by atoms with van der Waals surface area (Å²) >= 11 is 0. The lowest BCUT2D eigenvalue weighted by Gasteiger charge is -2.34. The topological polar surface area (TPSA) is 93.0 Å². The number of hydrogen-bond donors (Lipinski definition) is 5. The molecule has 5 N–H and O–H groups in total. The average molecular weight is 356 g/mol. The summed E-state index contributed by atoms with van der Waals surface area (Å²) in [4.78, 5) is 0. The molecule has 0 radical (unpaired) electrons. The molecule has 0 amide bonds. The molecule has 1 aliphatic carbocycles. The van der Waals surface area contributed by atoms with E-state index >= 15 is 0 Å². The quantitative estimate of drug-likeness (QED) is 0.308. The van der Waals surface area contributed by atoms with Crippen molar-refractivity contribution in [3.05, 3.63) is 11.6 Å². The second-order valence-electron chi connectivity index (χ2n) is 5.57. The predicted octanol–water partition coefficient (Wildman–Crippen LogP) is 0.546. The summed E-state index contributed by atoms with van der Waals surface area (Å²) in [6.07, 6.45) is 5.34. The maximum atomic E-state index is 9.90. The van der Waals surface area contributed by atoms with Crippen molar-refractivity contribution < 1.29 is 20.4 Å². The van der Waals surface area contributed by atoms with Crippen molar-refractivity contribution in [1.29, 1.82) is 0 Å². The molecule has 1 rings (SSSR count). The van der Waals surface area contributed by atoms with E-state index in [4.69, 9.17) is 5.11 Å². The van der Waals surface area contributed by atoms with E-state index in [0.717, 1.165) is 19.4 Å². The number of hydrogen-bond acceptors (Lipinski definition) is 5. The molecule has 0 aromatic rings. The molecule has 0 bridgehead atoms. The van der Waals surface area contributed by atoms with Gasteiger partial charge in [0, 0.05) is 0 Å².